The van der Waals surface area contributed by atoms with Gasteiger partial charge in [0.25, 0.3) is 0 Å². The standard InChI is InChI=1S/C15H17N3OS2/c19-14(18-9-5-2-6-10-18)13(12-7-3-1-4-8-12)21-15-17-16-11-20-15/h1,3-4,7-8,11,13H,2,5-6,9-10H2. The molecule has 1 unspecified atom stereocenters. The fraction of sp³-hybridized carbons (Fsp3) is 0.400. The van der Waals surface area contributed by atoms with Gasteiger partial charge in [0.1, 0.15) is 10.8 Å². The van der Waals surface area contributed by atoms with Crippen LogP contribution in [0.1, 0.15) is 30.1 Å². The molecule has 0 aliphatic carbocycles. The maximum atomic E-state index is 12.9. The maximum absolute atomic E-state index is 12.9. The number of thioether (sulfide) groups is 1. The molecule has 1 aromatic carbocycles. The molecular weight excluding hydrogens is 302 g/mol. The van der Waals surface area contributed by atoms with Gasteiger partial charge in [-0.05, 0) is 24.8 Å². The highest BCUT2D eigenvalue weighted by Gasteiger charge is 2.28. The fourth-order valence-electron chi connectivity index (χ4n) is 2.48. The molecule has 6 heteroatoms. The zero-order valence-corrected chi connectivity index (χ0v) is 13.3. The summed E-state index contributed by atoms with van der Waals surface area (Å²) < 4.78 is 0.842. The van der Waals surface area contributed by atoms with Crippen molar-refractivity contribution in [1.29, 1.82) is 0 Å². The van der Waals surface area contributed by atoms with E-state index >= 15 is 0 Å². The molecule has 1 fully saturated rings. The Morgan fingerprint density at radius 2 is 1.95 bits per heavy atom. The lowest BCUT2D eigenvalue weighted by Crippen LogP contribution is -2.38. The minimum Gasteiger partial charge on any atom is -0.341 e. The van der Waals surface area contributed by atoms with E-state index in [1.54, 1.807) is 5.51 Å². The zero-order valence-electron chi connectivity index (χ0n) is 11.6. The van der Waals surface area contributed by atoms with Crippen LogP contribution in [-0.2, 0) is 4.79 Å². The van der Waals surface area contributed by atoms with Crippen LogP contribution < -0.4 is 0 Å². The second-order valence-electron chi connectivity index (χ2n) is 5.00. The van der Waals surface area contributed by atoms with E-state index in [1.165, 1.54) is 29.5 Å². The Labute approximate surface area is 132 Å². The van der Waals surface area contributed by atoms with Crippen LogP contribution in [0.4, 0.5) is 0 Å². The number of rotatable bonds is 4. The van der Waals surface area contributed by atoms with Gasteiger partial charge in [-0.3, -0.25) is 4.79 Å². The third-order valence-corrected chi connectivity index (χ3v) is 5.61. The fourth-order valence-corrected chi connectivity index (χ4v) is 4.24. The molecule has 1 aromatic heterocycles. The summed E-state index contributed by atoms with van der Waals surface area (Å²) in [6.07, 6.45) is 3.44. The molecule has 4 nitrogen and oxygen atoms in total. The Morgan fingerprint density at radius 1 is 1.19 bits per heavy atom. The van der Waals surface area contributed by atoms with E-state index in [4.69, 9.17) is 0 Å². The number of aromatic nitrogens is 2. The topological polar surface area (TPSA) is 46.1 Å². The number of hydrogen-bond donors (Lipinski definition) is 0. The first-order valence-corrected chi connectivity index (χ1v) is 8.87. The van der Waals surface area contributed by atoms with E-state index in [2.05, 4.69) is 10.2 Å². The Hall–Kier alpha value is -1.40. The van der Waals surface area contributed by atoms with Gasteiger partial charge < -0.3 is 4.90 Å². The third kappa shape index (κ3) is 3.63. The van der Waals surface area contributed by atoms with Gasteiger partial charge in [0, 0.05) is 13.1 Å². The Kier molecular flexibility index (Phi) is 4.87. The highest BCUT2D eigenvalue weighted by molar-refractivity contribution is 8.01. The van der Waals surface area contributed by atoms with Crippen molar-refractivity contribution in [3.63, 3.8) is 0 Å². The lowest BCUT2D eigenvalue weighted by atomic mass is 10.1. The summed E-state index contributed by atoms with van der Waals surface area (Å²) in [5.74, 6) is 0.195. The molecule has 1 amide bonds. The van der Waals surface area contributed by atoms with E-state index in [0.29, 0.717) is 0 Å². The molecule has 1 aliphatic rings. The molecule has 110 valence electrons. The van der Waals surface area contributed by atoms with Crippen LogP contribution in [0.3, 0.4) is 0 Å². The molecule has 0 N–H and O–H groups in total. The van der Waals surface area contributed by atoms with Crippen LogP contribution in [0, 0.1) is 0 Å². The minimum atomic E-state index is -0.225. The first-order valence-electron chi connectivity index (χ1n) is 7.11. The number of likely N-dealkylation sites (tertiary alicyclic amines) is 1. The maximum Gasteiger partial charge on any atom is 0.240 e. The molecule has 21 heavy (non-hydrogen) atoms. The summed E-state index contributed by atoms with van der Waals surface area (Å²) in [6, 6.07) is 9.96. The lowest BCUT2D eigenvalue weighted by molar-refractivity contribution is -0.131. The molecule has 0 spiro atoms. The first kappa shape index (κ1) is 14.5. The third-order valence-electron chi connectivity index (χ3n) is 3.55. The molecule has 1 saturated heterocycles. The van der Waals surface area contributed by atoms with E-state index in [-0.39, 0.29) is 11.2 Å². The van der Waals surface area contributed by atoms with E-state index in [9.17, 15) is 4.79 Å². The Morgan fingerprint density at radius 3 is 2.62 bits per heavy atom. The first-order chi connectivity index (χ1) is 10.3. The van der Waals surface area contributed by atoms with Crippen LogP contribution in [0.25, 0.3) is 0 Å². The summed E-state index contributed by atoms with van der Waals surface area (Å²) in [4.78, 5) is 14.9. The Balaban J connectivity index is 1.82. The van der Waals surface area contributed by atoms with E-state index in [0.717, 1.165) is 35.8 Å². The van der Waals surface area contributed by atoms with Crippen molar-refractivity contribution >= 4 is 29.0 Å². The van der Waals surface area contributed by atoms with Gasteiger partial charge in [0.2, 0.25) is 5.91 Å². The monoisotopic (exact) mass is 319 g/mol. The normalized spacial score (nSPS) is 16.7. The SMILES string of the molecule is O=C(C(Sc1nncs1)c1ccccc1)N1CCCCC1. The average molecular weight is 319 g/mol. The van der Waals surface area contributed by atoms with Gasteiger partial charge in [-0.25, -0.2) is 0 Å². The summed E-state index contributed by atoms with van der Waals surface area (Å²) >= 11 is 2.98. The van der Waals surface area contributed by atoms with E-state index in [1.807, 2.05) is 35.2 Å². The van der Waals surface area contributed by atoms with Crippen LogP contribution in [0.15, 0.2) is 40.2 Å². The van der Waals surface area contributed by atoms with Crippen molar-refractivity contribution in [2.24, 2.45) is 0 Å². The number of amides is 1. The quantitative estimate of drug-likeness (QED) is 0.811. The van der Waals surface area contributed by atoms with Crippen molar-refractivity contribution in [1.82, 2.24) is 15.1 Å². The highest BCUT2D eigenvalue weighted by atomic mass is 32.2. The van der Waals surface area contributed by atoms with Gasteiger partial charge in [-0.2, -0.15) is 0 Å². The molecule has 3 rings (SSSR count). The van der Waals surface area contributed by atoms with Crippen LogP contribution in [0.5, 0.6) is 0 Å². The summed E-state index contributed by atoms with van der Waals surface area (Å²) in [5, 5.41) is 7.71. The molecule has 2 heterocycles. The summed E-state index contributed by atoms with van der Waals surface area (Å²) in [6.45, 7) is 1.75. The smallest absolute Gasteiger partial charge is 0.240 e. The van der Waals surface area contributed by atoms with Crippen LogP contribution in [-0.4, -0.2) is 34.1 Å². The Bertz CT molecular complexity index is 568. The highest BCUT2D eigenvalue weighted by Crippen LogP contribution is 2.37. The molecule has 1 aliphatic heterocycles. The lowest BCUT2D eigenvalue weighted by Gasteiger charge is -2.30. The molecule has 1 atom stereocenters. The van der Waals surface area contributed by atoms with Gasteiger partial charge >= 0.3 is 0 Å². The number of carbonyl (C=O) groups is 1. The van der Waals surface area contributed by atoms with Crippen molar-refractivity contribution in [2.45, 2.75) is 28.9 Å². The minimum absolute atomic E-state index is 0.195. The zero-order chi connectivity index (χ0) is 14.5. The summed E-state index contributed by atoms with van der Waals surface area (Å²) in [5.41, 5.74) is 2.74. The number of hydrogen-bond acceptors (Lipinski definition) is 5. The van der Waals surface area contributed by atoms with Crippen molar-refractivity contribution in [3.8, 4) is 0 Å². The van der Waals surface area contributed by atoms with Crippen molar-refractivity contribution in [2.75, 3.05) is 13.1 Å². The predicted octanol–water partition coefficient (Wildman–Crippen LogP) is 3.38. The predicted molar refractivity (Wildman–Crippen MR) is 85.4 cm³/mol. The molecule has 2 aromatic rings. The molecular formula is C15H17N3OS2. The molecule has 0 bridgehead atoms. The number of carbonyl (C=O) groups excluding carboxylic acids is 1. The van der Waals surface area contributed by atoms with E-state index < -0.39 is 0 Å². The van der Waals surface area contributed by atoms with Gasteiger partial charge in [0.15, 0.2) is 4.34 Å². The summed E-state index contributed by atoms with van der Waals surface area (Å²) in [7, 11) is 0. The molecule has 0 saturated carbocycles. The van der Waals surface area contributed by atoms with Gasteiger partial charge in [0.05, 0.1) is 0 Å². The van der Waals surface area contributed by atoms with Crippen LogP contribution >= 0.6 is 23.1 Å². The molecule has 0 radical (unpaired) electrons. The number of nitrogens with zero attached hydrogens (tertiary/aromatic N) is 3. The number of benzene rings is 1. The number of piperidine rings is 1. The average Bonchev–Trinajstić information content (AvgIpc) is 3.07. The largest absolute Gasteiger partial charge is 0.341 e. The van der Waals surface area contributed by atoms with Gasteiger partial charge in [-0.15, -0.1) is 10.2 Å². The van der Waals surface area contributed by atoms with Crippen molar-refractivity contribution in [3.05, 3.63) is 41.4 Å². The second kappa shape index (κ2) is 7.04. The van der Waals surface area contributed by atoms with Gasteiger partial charge in [-0.1, -0.05) is 53.4 Å². The second-order valence-corrected chi connectivity index (χ2v) is 7.18. The van der Waals surface area contributed by atoms with Crippen molar-refractivity contribution < 1.29 is 4.79 Å². The van der Waals surface area contributed by atoms with Crippen LogP contribution in [0.2, 0.25) is 0 Å².